The molecule has 0 aromatic heterocycles. The molecule has 1 nitrogen and oxygen atoms in total. The molecule has 0 saturated carbocycles. The Morgan fingerprint density at radius 1 is 0.522 bits per heavy atom. The molecule has 0 amide bonds. The molecule has 0 aromatic carbocycles. The summed E-state index contributed by atoms with van der Waals surface area (Å²) in [6.45, 7) is 13.3. The molecule has 0 atom stereocenters. The van der Waals surface area contributed by atoms with Crippen LogP contribution in [0.25, 0.3) is 0 Å². The lowest BCUT2D eigenvalue weighted by atomic mass is 10.1. The molecule has 0 N–H and O–H groups in total. The SMILES string of the molecule is CCCCCCCCN(CCCCCCCC)CCCC(C)C. The number of nitrogens with zero attached hydrogens (tertiary/aromatic N) is 1. The molecule has 0 aromatic rings. The smallest absolute Gasteiger partial charge is 0.00186 e. The molecule has 0 rings (SSSR count). The van der Waals surface area contributed by atoms with Crippen LogP contribution in [-0.2, 0) is 0 Å². The van der Waals surface area contributed by atoms with Crippen LogP contribution in [0.1, 0.15) is 118 Å². The highest BCUT2D eigenvalue weighted by Gasteiger charge is 2.05. The molecule has 0 radical (unpaired) electrons. The summed E-state index contributed by atoms with van der Waals surface area (Å²) in [5, 5.41) is 0. The summed E-state index contributed by atoms with van der Waals surface area (Å²) in [6, 6.07) is 0. The molecule has 0 aliphatic carbocycles. The molecular weight excluding hydrogens is 278 g/mol. The van der Waals surface area contributed by atoms with Crippen molar-refractivity contribution in [3.8, 4) is 0 Å². The second-order valence-electron chi connectivity index (χ2n) is 7.91. The van der Waals surface area contributed by atoms with Gasteiger partial charge in [0.05, 0.1) is 0 Å². The van der Waals surface area contributed by atoms with Crippen molar-refractivity contribution in [3.05, 3.63) is 0 Å². The minimum Gasteiger partial charge on any atom is -0.303 e. The van der Waals surface area contributed by atoms with E-state index in [1.807, 2.05) is 0 Å². The zero-order chi connectivity index (χ0) is 17.2. The van der Waals surface area contributed by atoms with Crippen molar-refractivity contribution >= 4 is 0 Å². The van der Waals surface area contributed by atoms with Crippen molar-refractivity contribution < 1.29 is 0 Å². The minimum atomic E-state index is 0.861. The van der Waals surface area contributed by atoms with E-state index in [1.54, 1.807) is 0 Å². The maximum Gasteiger partial charge on any atom is -0.00186 e. The van der Waals surface area contributed by atoms with Crippen LogP contribution in [-0.4, -0.2) is 24.5 Å². The van der Waals surface area contributed by atoms with E-state index in [2.05, 4.69) is 32.6 Å². The van der Waals surface area contributed by atoms with Crippen molar-refractivity contribution in [2.45, 2.75) is 118 Å². The first-order valence-corrected chi connectivity index (χ1v) is 10.9. The first kappa shape index (κ1) is 23.0. The van der Waals surface area contributed by atoms with Gasteiger partial charge in [-0.25, -0.2) is 0 Å². The third-order valence-electron chi connectivity index (χ3n) is 4.91. The fourth-order valence-corrected chi connectivity index (χ4v) is 3.29. The fourth-order valence-electron chi connectivity index (χ4n) is 3.29. The van der Waals surface area contributed by atoms with Crippen molar-refractivity contribution in [2.75, 3.05) is 19.6 Å². The molecule has 0 spiro atoms. The van der Waals surface area contributed by atoms with Gasteiger partial charge < -0.3 is 4.90 Å². The molecule has 0 heterocycles. The summed E-state index contributed by atoms with van der Waals surface area (Å²) in [5.41, 5.74) is 0. The summed E-state index contributed by atoms with van der Waals surface area (Å²) in [7, 11) is 0. The quantitative estimate of drug-likeness (QED) is 0.237. The monoisotopic (exact) mass is 325 g/mol. The maximum atomic E-state index is 2.77. The number of rotatable bonds is 18. The Morgan fingerprint density at radius 2 is 0.913 bits per heavy atom. The van der Waals surface area contributed by atoms with E-state index in [-0.39, 0.29) is 0 Å². The van der Waals surface area contributed by atoms with Gasteiger partial charge in [-0.05, 0) is 51.2 Å². The van der Waals surface area contributed by atoms with Crippen LogP contribution in [0.15, 0.2) is 0 Å². The number of hydrogen-bond donors (Lipinski definition) is 0. The lowest BCUT2D eigenvalue weighted by Gasteiger charge is -2.23. The third-order valence-corrected chi connectivity index (χ3v) is 4.91. The van der Waals surface area contributed by atoms with Gasteiger partial charge in [-0.3, -0.25) is 0 Å². The van der Waals surface area contributed by atoms with Crippen LogP contribution in [0.4, 0.5) is 0 Å². The van der Waals surface area contributed by atoms with Crippen molar-refractivity contribution in [1.29, 1.82) is 0 Å². The molecule has 0 saturated heterocycles. The zero-order valence-electron chi connectivity index (χ0n) is 17.0. The van der Waals surface area contributed by atoms with Gasteiger partial charge in [-0.2, -0.15) is 0 Å². The van der Waals surface area contributed by atoms with E-state index in [9.17, 15) is 0 Å². The van der Waals surface area contributed by atoms with E-state index in [4.69, 9.17) is 0 Å². The lowest BCUT2D eigenvalue weighted by molar-refractivity contribution is 0.251. The Hall–Kier alpha value is -0.0400. The van der Waals surface area contributed by atoms with E-state index in [0.717, 1.165) is 5.92 Å². The molecule has 140 valence electrons. The molecule has 0 fully saturated rings. The summed E-state index contributed by atoms with van der Waals surface area (Å²) in [4.78, 5) is 2.77. The summed E-state index contributed by atoms with van der Waals surface area (Å²) in [6.07, 6.45) is 19.9. The first-order chi connectivity index (χ1) is 11.2. The van der Waals surface area contributed by atoms with E-state index in [0.29, 0.717) is 0 Å². The summed E-state index contributed by atoms with van der Waals surface area (Å²) < 4.78 is 0. The van der Waals surface area contributed by atoms with Gasteiger partial charge in [0.1, 0.15) is 0 Å². The van der Waals surface area contributed by atoms with Crippen LogP contribution >= 0.6 is 0 Å². The fraction of sp³-hybridized carbons (Fsp3) is 1.00. The topological polar surface area (TPSA) is 3.24 Å². The lowest BCUT2D eigenvalue weighted by Crippen LogP contribution is -2.27. The predicted octanol–water partition coefficient (Wildman–Crippen LogP) is 7.45. The molecule has 0 unspecified atom stereocenters. The first-order valence-electron chi connectivity index (χ1n) is 10.9. The van der Waals surface area contributed by atoms with Gasteiger partial charge >= 0.3 is 0 Å². The minimum absolute atomic E-state index is 0.861. The highest BCUT2D eigenvalue weighted by atomic mass is 15.1. The van der Waals surface area contributed by atoms with Crippen molar-refractivity contribution in [1.82, 2.24) is 4.90 Å². The Labute approximate surface area is 148 Å². The Kier molecular flexibility index (Phi) is 18.3. The second-order valence-corrected chi connectivity index (χ2v) is 7.91. The standard InChI is InChI=1S/C22H47N/c1-5-7-9-11-13-15-19-23(21-17-18-22(3)4)20-16-14-12-10-8-6-2/h22H,5-21H2,1-4H3. The van der Waals surface area contributed by atoms with Crippen molar-refractivity contribution in [2.24, 2.45) is 5.92 Å². The average molecular weight is 326 g/mol. The second kappa shape index (κ2) is 18.3. The Balaban J connectivity index is 3.75. The Morgan fingerprint density at radius 3 is 1.35 bits per heavy atom. The predicted molar refractivity (Wildman–Crippen MR) is 107 cm³/mol. The molecule has 1 heteroatoms. The number of unbranched alkanes of at least 4 members (excludes halogenated alkanes) is 10. The van der Waals surface area contributed by atoms with Crippen LogP contribution in [0, 0.1) is 5.92 Å². The van der Waals surface area contributed by atoms with Gasteiger partial charge in [-0.15, -0.1) is 0 Å². The third kappa shape index (κ3) is 18.1. The average Bonchev–Trinajstić information content (AvgIpc) is 2.53. The molecule has 0 aliphatic rings. The zero-order valence-corrected chi connectivity index (χ0v) is 17.0. The van der Waals surface area contributed by atoms with E-state index in [1.165, 1.54) is 110 Å². The molecule has 0 aliphatic heterocycles. The number of hydrogen-bond acceptors (Lipinski definition) is 1. The summed E-state index contributed by atoms with van der Waals surface area (Å²) in [5.74, 6) is 0.861. The Bertz CT molecular complexity index is 196. The highest BCUT2D eigenvalue weighted by molar-refractivity contribution is 4.61. The maximum absolute atomic E-state index is 2.77. The van der Waals surface area contributed by atoms with Gasteiger partial charge in [0.15, 0.2) is 0 Å². The van der Waals surface area contributed by atoms with Gasteiger partial charge in [0.2, 0.25) is 0 Å². The van der Waals surface area contributed by atoms with E-state index >= 15 is 0 Å². The summed E-state index contributed by atoms with van der Waals surface area (Å²) >= 11 is 0. The van der Waals surface area contributed by atoms with Crippen LogP contribution in [0.3, 0.4) is 0 Å². The van der Waals surface area contributed by atoms with E-state index < -0.39 is 0 Å². The van der Waals surface area contributed by atoms with Gasteiger partial charge in [0.25, 0.3) is 0 Å². The van der Waals surface area contributed by atoms with Gasteiger partial charge in [-0.1, -0.05) is 91.9 Å². The van der Waals surface area contributed by atoms with Crippen molar-refractivity contribution in [3.63, 3.8) is 0 Å². The van der Waals surface area contributed by atoms with Gasteiger partial charge in [0, 0.05) is 0 Å². The highest BCUT2D eigenvalue weighted by Crippen LogP contribution is 2.11. The molecule has 0 bridgehead atoms. The molecular formula is C22H47N. The largest absolute Gasteiger partial charge is 0.303 e. The molecule has 23 heavy (non-hydrogen) atoms. The van der Waals surface area contributed by atoms with Crippen LogP contribution < -0.4 is 0 Å². The normalized spacial score (nSPS) is 11.7. The van der Waals surface area contributed by atoms with Crippen LogP contribution in [0.5, 0.6) is 0 Å². The van der Waals surface area contributed by atoms with Crippen LogP contribution in [0.2, 0.25) is 0 Å².